The SMILES string of the molecule is CCC(C)NC(=O)C1CSC2(CCN(C(=O)c3cccc(OC)c3)CC2)N1. The Labute approximate surface area is 165 Å². The van der Waals surface area contributed by atoms with E-state index in [1.165, 1.54) is 0 Å². The number of thioether (sulfide) groups is 1. The van der Waals surface area contributed by atoms with Crippen LogP contribution in [-0.4, -0.2) is 59.6 Å². The number of hydrogen-bond donors (Lipinski definition) is 2. The van der Waals surface area contributed by atoms with Gasteiger partial charge in [0.05, 0.1) is 18.0 Å². The Morgan fingerprint density at radius 2 is 2.15 bits per heavy atom. The summed E-state index contributed by atoms with van der Waals surface area (Å²) in [5.41, 5.74) is 0.656. The van der Waals surface area contributed by atoms with Crippen molar-refractivity contribution < 1.29 is 14.3 Å². The second kappa shape index (κ2) is 8.52. The van der Waals surface area contributed by atoms with E-state index < -0.39 is 0 Å². The molecule has 2 aliphatic rings. The highest BCUT2D eigenvalue weighted by Crippen LogP contribution is 2.39. The van der Waals surface area contributed by atoms with Crippen LogP contribution in [-0.2, 0) is 4.79 Å². The summed E-state index contributed by atoms with van der Waals surface area (Å²) in [6.45, 7) is 5.47. The van der Waals surface area contributed by atoms with Gasteiger partial charge in [0.25, 0.3) is 5.91 Å². The Morgan fingerprint density at radius 3 is 2.81 bits per heavy atom. The number of nitrogens with one attached hydrogen (secondary N) is 2. The molecule has 0 saturated carbocycles. The number of benzene rings is 1. The molecule has 0 aliphatic carbocycles. The molecule has 2 heterocycles. The van der Waals surface area contributed by atoms with Gasteiger partial charge in [-0.15, -0.1) is 11.8 Å². The quantitative estimate of drug-likeness (QED) is 0.806. The van der Waals surface area contributed by atoms with Crippen LogP contribution in [0.1, 0.15) is 43.5 Å². The van der Waals surface area contributed by atoms with Gasteiger partial charge in [-0.3, -0.25) is 14.9 Å². The standard InChI is InChI=1S/C20H29N3O3S/c1-4-14(2)21-18(24)17-13-27-20(22-17)8-10-23(11-9-20)19(25)15-6-5-7-16(12-15)26-3/h5-7,12,14,17,22H,4,8-11,13H2,1-3H3,(H,21,24). The Kier molecular flexibility index (Phi) is 6.32. The maximum absolute atomic E-state index is 12.8. The molecular formula is C20H29N3O3S. The summed E-state index contributed by atoms with van der Waals surface area (Å²) >= 11 is 1.82. The molecule has 148 valence electrons. The number of carbonyl (C=O) groups is 2. The minimum atomic E-state index is -0.148. The van der Waals surface area contributed by atoms with E-state index in [1.807, 2.05) is 41.8 Å². The molecule has 7 heteroatoms. The van der Waals surface area contributed by atoms with Crippen LogP contribution in [0.25, 0.3) is 0 Å². The lowest BCUT2D eigenvalue weighted by Crippen LogP contribution is -2.55. The molecule has 0 bridgehead atoms. The average molecular weight is 392 g/mol. The van der Waals surface area contributed by atoms with Crippen molar-refractivity contribution in [3.8, 4) is 5.75 Å². The van der Waals surface area contributed by atoms with Crippen molar-refractivity contribution in [3.63, 3.8) is 0 Å². The van der Waals surface area contributed by atoms with Gasteiger partial charge in [0.2, 0.25) is 5.91 Å². The van der Waals surface area contributed by atoms with Crippen LogP contribution in [0, 0.1) is 0 Å². The number of amides is 2. The molecule has 2 fully saturated rings. The second-order valence-electron chi connectivity index (χ2n) is 7.34. The number of nitrogens with zero attached hydrogens (tertiary/aromatic N) is 1. The minimum absolute atomic E-state index is 0.0396. The fourth-order valence-corrected chi connectivity index (χ4v) is 4.95. The van der Waals surface area contributed by atoms with Crippen LogP contribution in [0.4, 0.5) is 0 Å². The first-order valence-corrected chi connectivity index (χ1v) is 10.6. The molecule has 2 saturated heterocycles. The Morgan fingerprint density at radius 1 is 1.41 bits per heavy atom. The van der Waals surface area contributed by atoms with Crippen LogP contribution in [0.5, 0.6) is 5.75 Å². The van der Waals surface area contributed by atoms with Crippen molar-refractivity contribution >= 4 is 23.6 Å². The lowest BCUT2D eigenvalue weighted by Gasteiger charge is -2.39. The molecule has 3 rings (SSSR count). The van der Waals surface area contributed by atoms with Crippen molar-refractivity contribution in [1.29, 1.82) is 0 Å². The number of hydrogen-bond acceptors (Lipinski definition) is 5. The summed E-state index contributed by atoms with van der Waals surface area (Å²) in [6.07, 6.45) is 2.62. The first-order valence-electron chi connectivity index (χ1n) is 9.61. The molecule has 2 unspecified atom stereocenters. The van der Waals surface area contributed by atoms with Crippen molar-refractivity contribution in [1.82, 2.24) is 15.5 Å². The molecule has 6 nitrogen and oxygen atoms in total. The molecular weight excluding hydrogens is 362 g/mol. The highest BCUT2D eigenvalue weighted by Gasteiger charge is 2.44. The van der Waals surface area contributed by atoms with Gasteiger partial charge in [0.15, 0.2) is 0 Å². The van der Waals surface area contributed by atoms with Gasteiger partial charge in [-0.25, -0.2) is 0 Å². The summed E-state index contributed by atoms with van der Waals surface area (Å²) in [5, 5.41) is 6.61. The molecule has 2 amide bonds. The summed E-state index contributed by atoms with van der Waals surface area (Å²) in [6, 6.07) is 7.34. The third-order valence-corrected chi connectivity index (χ3v) is 7.03. The largest absolute Gasteiger partial charge is 0.497 e. The van der Waals surface area contributed by atoms with E-state index >= 15 is 0 Å². The van der Waals surface area contributed by atoms with Crippen LogP contribution in [0.3, 0.4) is 0 Å². The Hall–Kier alpha value is -1.73. The number of rotatable bonds is 5. The number of ether oxygens (including phenoxy) is 1. The molecule has 0 radical (unpaired) electrons. The summed E-state index contributed by atoms with van der Waals surface area (Å²) in [4.78, 5) is 27.0. The zero-order valence-electron chi connectivity index (χ0n) is 16.3. The molecule has 2 aliphatic heterocycles. The lowest BCUT2D eigenvalue weighted by atomic mass is 10.0. The number of piperidine rings is 1. The van der Waals surface area contributed by atoms with Crippen molar-refractivity contribution in [2.24, 2.45) is 0 Å². The second-order valence-corrected chi connectivity index (χ2v) is 8.75. The van der Waals surface area contributed by atoms with Gasteiger partial charge in [-0.05, 0) is 44.4 Å². The van der Waals surface area contributed by atoms with Gasteiger partial charge >= 0.3 is 0 Å². The van der Waals surface area contributed by atoms with E-state index in [-0.39, 0.29) is 28.8 Å². The van der Waals surface area contributed by atoms with E-state index in [0.29, 0.717) is 24.4 Å². The minimum Gasteiger partial charge on any atom is -0.497 e. The first kappa shape index (κ1) is 20.0. The van der Waals surface area contributed by atoms with E-state index in [1.54, 1.807) is 13.2 Å². The Bertz CT molecular complexity index is 689. The first-order chi connectivity index (χ1) is 13.0. The highest BCUT2D eigenvalue weighted by molar-refractivity contribution is 8.01. The molecule has 1 spiro atoms. The highest BCUT2D eigenvalue weighted by atomic mass is 32.2. The van der Waals surface area contributed by atoms with Crippen molar-refractivity contribution in [2.75, 3.05) is 26.0 Å². The van der Waals surface area contributed by atoms with Gasteiger partial charge in [-0.2, -0.15) is 0 Å². The Balaban J connectivity index is 1.55. The molecule has 1 aromatic carbocycles. The van der Waals surface area contributed by atoms with E-state index in [9.17, 15) is 9.59 Å². The number of likely N-dealkylation sites (tertiary alicyclic amines) is 1. The zero-order valence-corrected chi connectivity index (χ0v) is 17.1. The van der Waals surface area contributed by atoms with Crippen LogP contribution in [0.15, 0.2) is 24.3 Å². The molecule has 2 atom stereocenters. The molecule has 2 N–H and O–H groups in total. The van der Waals surface area contributed by atoms with E-state index in [0.717, 1.165) is 25.0 Å². The molecule has 1 aromatic rings. The maximum Gasteiger partial charge on any atom is 0.253 e. The molecule has 0 aromatic heterocycles. The predicted octanol–water partition coefficient (Wildman–Crippen LogP) is 2.25. The monoisotopic (exact) mass is 391 g/mol. The van der Waals surface area contributed by atoms with Gasteiger partial charge in [-0.1, -0.05) is 13.0 Å². The van der Waals surface area contributed by atoms with Gasteiger partial charge in [0, 0.05) is 30.4 Å². The van der Waals surface area contributed by atoms with E-state index in [2.05, 4.69) is 17.6 Å². The third-order valence-electron chi connectivity index (χ3n) is 5.46. The van der Waals surface area contributed by atoms with E-state index in [4.69, 9.17) is 4.74 Å². The normalized spacial score (nSPS) is 22.5. The molecule has 27 heavy (non-hydrogen) atoms. The van der Waals surface area contributed by atoms with Crippen molar-refractivity contribution in [3.05, 3.63) is 29.8 Å². The third kappa shape index (κ3) is 4.58. The van der Waals surface area contributed by atoms with Crippen LogP contribution < -0.4 is 15.4 Å². The van der Waals surface area contributed by atoms with Crippen molar-refractivity contribution in [2.45, 2.75) is 50.1 Å². The smallest absolute Gasteiger partial charge is 0.253 e. The number of carbonyl (C=O) groups excluding carboxylic acids is 2. The topological polar surface area (TPSA) is 70.7 Å². The zero-order chi connectivity index (χ0) is 19.4. The summed E-state index contributed by atoms with van der Waals surface area (Å²) < 4.78 is 5.22. The summed E-state index contributed by atoms with van der Waals surface area (Å²) in [5.74, 6) is 1.60. The van der Waals surface area contributed by atoms with Crippen LogP contribution >= 0.6 is 11.8 Å². The summed E-state index contributed by atoms with van der Waals surface area (Å²) in [7, 11) is 1.60. The van der Waals surface area contributed by atoms with Gasteiger partial charge < -0.3 is 15.0 Å². The van der Waals surface area contributed by atoms with Crippen LogP contribution in [0.2, 0.25) is 0 Å². The predicted molar refractivity (Wildman–Crippen MR) is 108 cm³/mol. The van der Waals surface area contributed by atoms with Gasteiger partial charge in [0.1, 0.15) is 5.75 Å². The number of methoxy groups -OCH3 is 1. The fraction of sp³-hybridized carbons (Fsp3) is 0.600. The lowest BCUT2D eigenvalue weighted by molar-refractivity contribution is -0.123. The maximum atomic E-state index is 12.8. The average Bonchev–Trinajstić information content (AvgIpc) is 3.11. The fourth-order valence-electron chi connectivity index (χ4n) is 3.53.